The van der Waals surface area contributed by atoms with Crippen LogP contribution in [0, 0.1) is 11.0 Å². The topological polar surface area (TPSA) is 46.5 Å². The highest BCUT2D eigenvalue weighted by atomic mass is 32.2. The van der Waals surface area contributed by atoms with Gasteiger partial charge in [-0.2, -0.15) is 11.8 Å². The van der Waals surface area contributed by atoms with Gasteiger partial charge in [-0.1, -0.05) is 6.07 Å². The SMILES string of the molecule is CSCc1cc(F)cc(CN([O-])O)c1. The van der Waals surface area contributed by atoms with Crippen LogP contribution in [-0.2, 0) is 12.3 Å². The number of rotatable bonds is 4. The van der Waals surface area contributed by atoms with Crippen molar-refractivity contribution in [2.24, 2.45) is 0 Å². The maximum absolute atomic E-state index is 13.0. The van der Waals surface area contributed by atoms with Crippen LogP contribution in [0.1, 0.15) is 11.1 Å². The van der Waals surface area contributed by atoms with Gasteiger partial charge in [-0.05, 0) is 29.5 Å². The summed E-state index contributed by atoms with van der Waals surface area (Å²) in [5, 5.41) is 18.6. The molecule has 14 heavy (non-hydrogen) atoms. The lowest BCUT2D eigenvalue weighted by Gasteiger charge is -2.19. The van der Waals surface area contributed by atoms with E-state index in [9.17, 15) is 9.60 Å². The van der Waals surface area contributed by atoms with E-state index in [1.165, 1.54) is 12.1 Å². The van der Waals surface area contributed by atoms with Crippen LogP contribution in [-0.4, -0.2) is 16.7 Å². The molecule has 0 amide bonds. The summed E-state index contributed by atoms with van der Waals surface area (Å²) in [5.74, 6) is 0.308. The Kier molecular flexibility index (Phi) is 4.34. The fraction of sp³-hybridized carbons (Fsp3) is 0.333. The molecule has 0 aromatic heterocycles. The van der Waals surface area contributed by atoms with E-state index >= 15 is 0 Å². The molecule has 0 heterocycles. The molecule has 1 aromatic carbocycles. The Morgan fingerprint density at radius 1 is 1.43 bits per heavy atom. The van der Waals surface area contributed by atoms with E-state index in [-0.39, 0.29) is 17.6 Å². The van der Waals surface area contributed by atoms with E-state index in [0.29, 0.717) is 11.3 Å². The molecule has 3 nitrogen and oxygen atoms in total. The second kappa shape index (κ2) is 5.31. The summed E-state index contributed by atoms with van der Waals surface area (Å²) in [5.41, 5.74) is 1.29. The van der Waals surface area contributed by atoms with Crippen LogP contribution in [0.2, 0.25) is 0 Å². The molecule has 5 heteroatoms. The standard InChI is InChI=1S/C9H11FNO2S/c1-14-6-8-2-7(5-11(12)13)3-9(10)4-8/h2-4,12H,5-6H2,1H3/q-1. The summed E-state index contributed by atoms with van der Waals surface area (Å²) in [6, 6.07) is 4.37. The number of hydrogen-bond acceptors (Lipinski definition) is 4. The molecule has 0 bridgehead atoms. The van der Waals surface area contributed by atoms with E-state index in [4.69, 9.17) is 5.21 Å². The number of nitrogens with zero attached hydrogens (tertiary/aromatic N) is 1. The molecule has 1 aromatic rings. The van der Waals surface area contributed by atoms with Crippen LogP contribution in [0.4, 0.5) is 4.39 Å². The van der Waals surface area contributed by atoms with Crippen LogP contribution in [0.5, 0.6) is 0 Å². The van der Waals surface area contributed by atoms with Gasteiger partial charge in [0.15, 0.2) is 0 Å². The van der Waals surface area contributed by atoms with Crippen molar-refractivity contribution in [2.45, 2.75) is 12.3 Å². The van der Waals surface area contributed by atoms with E-state index in [2.05, 4.69) is 0 Å². The number of hydrogen-bond donors (Lipinski definition) is 1. The maximum Gasteiger partial charge on any atom is 0.123 e. The predicted molar refractivity (Wildman–Crippen MR) is 54.3 cm³/mol. The highest BCUT2D eigenvalue weighted by Crippen LogP contribution is 2.14. The zero-order valence-corrected chi connectivity index (χ0v) is 8.55. The average Bonchev–Trinajstić information content (AvgIpc) is 2.01. The van der Waals surface area contributed by atoms with Gasteiger partial charge < -0.3 is 10.4 Å². The van der Waals surface area contributed by atoms with Crippen LogP contribution < -0.4 is 0 Å². The van der Waals surface area contributed by atoms with Crippen molar-refractivity contribution in [3.63, 3.8) is 0 Å². The van der Waals surface area contributed by atoms with Crippen molar-refractivity contribution in [2.75, 3.05) is 6.26 Å². The van der Waals surface area contributed by atoms with Crippen molar-refractivity contribution in [1.82, 2.24) is 5.23 Å². The van der Waals surface area contributed by atoms with E-state index in [0.717, 1.165) is 5.56 Å². The zero-order valence-electron chi connectivity index (χ0n) is 7.74. The first-order chi connectivity index (χ1) is 6.61. The molecule has 1 rings (SSSR count). The second-order valence-corrected chi connectivity index (χ2v) is 3.78. The lowest BCUT2D eigenvalue weighted by molar-refractivity contribution is -0.0488. The summed E-state index contributed by atoms with van der Waals surface area (Å²) in [6.45, 7) is -0.209. The normalized spacial score (nSPS) is 10.9. The Bertz CT molecular complexity index is 307. The lowest BCUT2D eigenvalue weighted by atomic mass is 10.1. The Morgan fingerprint density at radius 3 is 2.64 bits per heavy atom. The largest absolute Gasteiger partial charge is 0.762 e. The van der Waals surface area contributed by atoms with Gasteiger partial charge in [-0.15, -0.1) is 0 Å². The predicted octanol–water partition coefficient (Wildman–Crippen LogP) is 2.38. The molecule has 0 aliphatic carbocycles. The zero-order chi connectivity index (χ0) is 10.6. The van der Waals surface area contributed by atoms with Gasteiger partial charge in [0.2, 0.25) is 0 Å². The first-order valence-corrected chi connectivity index (χ1v) is 5.42. The molecule has 0 saturated carbocycles. The van der Waals surface area contributed by atoms with Crippen molar-refractivity contribution in [3.05, 3.63) is 40.4 Å². The van der Waals surface area contributed by atoms with Gasteiger partial charge in [0.25, 0.3) is 0 Å². The van der Waals surface area contributed by atoms with E-state index in [1.54, 1.807) is 17.8 Å². The van der Waals surface area contributed by atoms with Crippen molar-refractivity contribution >= 4 is 11.8 Å². The smallest absolute Gasteiger partial charge is 0.123 e. The minimum atomic E-state index is -0.381. The first kappa shape index (κ1) is 11.5. The number of halogens is 1. The van der Waals surface area contributed by atoms with Crippen molar-refractivity contribution in [3.8, 4) is 0 Å². The average molecular weight is 216 g/mol. The van der Waals surface area contributed by atoms with Gasteiger partial charge in [-0.3, -0.25) is 5.23 Å². The third-order valence-corrected chi connectivity index (χ3v) is 2.27. The minimum Gasteiger partial charge on any atom is -0.762 e. The van der Waals surface area contributed by atoms with E-state index < -0.39 is 0 Å². The molecule has 78 valence electrons. The maximum atomic E-state index is 13.0. The highest BCUT2D eigenvalue weighted by molar-refractivity contribution is 7.97. The molecule has 0 aliphatic rings. The van der Waals surface area contributed by atoms with Gasteiger partial charge in [0, 0.05) is 12.3 Å². The van der Waals surface area contributed by atoms with Crippen LogP contribution in [0.15, 0.2) is 18.2 Å². The molecule has 0 saturated heterocycles. The van der Waals surface area contributed by atoms with Crippen molar-refractivity contribution < 1.29 is 9.60 Å². The molecule has 0 fully saturated rings. The Morgan fingerprint density at radius 2 is 2.07 bits per heavy atom. The lowest BCUT2D eigenvalue weighted by Crippen LogP contribution is -2.09. The summed E-state index contributed by atoms with van der Waals surface area (Å²) in [4.78, 5) is 0. The summed E-state index contributed by atoms with van der Waals surface area (Å²) in [6.07, 6.45) is 1.91. The molecular formula is C9H11FNO2S-. The number of thioether (sulfide) groups is 1. The first-order valence-electron chi connectivity index (χ1n) is 4.02. The molecule has 0 spiro atoms. The monoisotopic (exact) mass is 216 g/mol. The molecule has 0 aliphatic heterocycles. The summed E-state index contributed by atoms with van der Waals surface area (Å²) < 4.78 is 13.0. The minimum absolute atomic E-state index is 0.209. The second-order valence-electron chi connectivity index (χ2n) is 2.91. The van der Waals surface area contributed by atoms with Gasteiger partial charge in [0.05, 0.1) is 0 Å². The highest BCUT2D eigenvalue weighted by Gasteiger charge is 2.00. The van der Waals surface area contributed by atoms with Crippen LogP contribution in [0.25, 0.3) is 0 Å². The Hall–Kier alpha value is -0.620. The quantitative estimate of drug-likeness (QED) is 0.785. The molecule has 1 N–H and O–H groups in total. The molecule has 0 atom stereocenters. The van der Waals surface area contributed by atoms with Gasteiger partial charge in [-0.25, -0.2) is 4.39 Å². The van der Waals surface area contributed by atoms with E-state index in [1.807, 2.05) is 6.26 Å². The number of benzene rings is 1. The summed E-state index contributed by atoms with van der Waals surface area (Å²) in [7, 11) is 0. The van der Waals surface area contributed by atoms with Crippen LogP contribution in [0.3, 0.4) is 0 Å². The Labute approximate surface area is 86.1 Å². The van der Waals surface area contributed by atoms with Crippen LogP contribution >= 0.6 is 11.8 Å². The molecule has 0 radical (unpaired) electrons. The fourth-order valence-corrected chi connectivity index (χ4v) is 1.71. The third kappa shape index (κ3) is 3.63. The Balaban J connectivity index is 2.83. The third-order valence-electron chi connectivity index (χ3n) is 1.65. The van der Waals surface area contributed by atoms with Crippen molar-refractivity contribution in [1.29, 1.82) is 0 Å². The summed E-state index contributed by atoms with van der Waals surface area (Å²) >= 11 is 1.57. The van der Waals surface area contributed by atoms with Gasteiger partial charge in [0.1, 0.15) is 5.82 Å². The number of hydroxylamine groups is 2. The molecule has 0 unspecified atom stereocenters. The fourth-order valence-electron chi connectivity index (χ4n) is 1.21. The molecular weight excluding hydrogens is 205 g/mol. The van der Waals surface area contributed by atoms with Gasteiger partial charge >= 0.3 is 0 Å².